The number of amides is 3. The number of carbonyl (C=O) groups is 4. The molecule has 3 amide bonds. The summed E-state index contributed by atoms with van der Waals surface area (Å²) < 4.78 is 66.9. The van der Waals surface area contributed by atoms with Crippen LogP contribution in [0.15, 0.2) is 12.2 Å². The molecule has 0 spiro atoms. The maximum atomic E-state index is 14.9. The van der Waals surface area contributed by atoms with Crippen molar-refractivity contribution < 1.29 is 153 Å². The van der Waals surface area contributed by atoms with E-state index in [-0.39, 0.29) is 12.3 Å². The van der Waals surface area contributed by atoms with Crippen LogP contribution in [0, 0.1) is 0 Å². The van der Waals surface area contributed by atoms with E-state index in [1.165, 1.54) is 117 Å². The summed E-state index contributed by atoms with van der Waals surface area (Å²) in [6, 6.07) is -4.73. The topological polar surface area (TPSA) is 530 Å². The fourth-order valence-corrected chi connectivity index (χ4v) is 14.6. The average Bonchev–Trinajstić information content (AvgIpc) is 0.744. The van der Waals surface area contributed by atoms with Crippen LogP contribution in [0.25, 0.3) is 0 Å². The predicted octanol–water partition coefficient (Wildman–Crippen LogP) is -0.175. The van der Waals surface area contributed by atoms with Gasteiger partial charge < -0.3 is 150 Å². The third-order valence-corrected chi connectivity index (χ3v) is 20.9. The maximum absolute atomic E-state index is 14.9. The number of aliphatic hydroxyl groups excluding tert-OH is 16. The van der Waals surface area contributed by atoms with Gasteiger partial charge in [0.2, 0.25) is 17.7 Å². The zero-order chi connectivity index (χ0) is 81.0. The Balaban J connectivity index is 1.44. The van der Waals surface area contributed by atoms with Gasteiger partial charge in [-0.1, -0.05) is 180 Å². The SMILES string of the molecule is CCCCCCCCCCCCC/C=C/C(O)C(CO[C@@H]1O[C@H](CO)[C@@H](O[C@@H]2O[C@H](CO)[C@H](O[C@@H]3O[C@H](CO)[C@H](O)[C@H](O[C@@H]4O[C@H](CO)[C@H](O)[C@H](O)[C@H]4O)[C@H]3NC(C)=O)[C@H](O[C@]3(C(=O)OC(C)C)C[C@H](O)[C@@H](NC(C)=O)[C@H](C(O)C(O)CO)O3)[C@H]2O)[C@H](O)[C@H]1O)NC(=O)CCCCCCCCCCCCCCCCC. The lowest BCUT2D eigenvalue weighted by Crippen LogP contribution is -2.72. The van der Waals surface area contributed by atoms with Crippen LogP contribution < -0.4 is 16.0 Å². The van der Waals surface area contributed by atoms with Crippen molar-refractivity contribution in [3.63, 3.8) is 0 Å². The molecule has 5 saturated heterocycles. The van der Waals surface area contributed by atoms with Crippen LogP contribution in [0.2, 0.25) is 0 Å². The van der Waals surface area contributed by atoms with Gasteiger partial charge >= 0.3 is 5.97 Å². The largest absolute Gasteiger partial charge is 0.459 e. The van der Waals surface area contributed by atoms with Gasteiger partial charge in [-0.25, -0.2) is 4.79 Å². The van der Waals surface area contributed by atoms with Crippen LogP contribution in [0.4, 0.5) is 0 Å². The molecule has 19 N–H and O–H groups in total. The molecule has 34 heteroatoms. The number of unbranched alkanes of at least 4 members (excludes halogenated alkanes) is 25. The van der Waals surface area contributed by atoms with Gasteiger partial charge in [0.05, 0.1) is 70.0 Å². The van der Waals surface area contributed by atoms with Crippen LogP contribution >= 0.6 is 0 Å². The molecular weight excluding hydrogens is 1450 g/mol. The minimum atomic E-state index is -3.17. The van der Waals surface area contributed by atoms with Crippen LogP contribution in [0.1, 0.15) is 228 Å². The highest BCUT2D eigenvalue weighted by molar-refractivity contribution is 5.79. The molecule has 110 heavy (non-hydrogen) atoms. The zero-order valence-electron chi connectivity index (χ0n) is 65.3. The van der Waals surface area contributed by atoms with Gasteiger partial charge in [0, 0.05) is 26.7 Å². The molecule has 0 aromatic rings. The lowest BCUT2D eigenvalue weighted by molar-refractivity contribution is -0.404. The third kappa shape index (κ3) is 30.3. The summed E-state index contributed by atoms with van der Waals surface area (Å²) in [5, 5.41) is 188. The molecule has 5 heterocycles. The first-order chi connectivity index (χ1) is 52.6. The number of hydrogen-bond acceptors (Lipinski definition) is 31. The van der Waals surface area contributed by atoms with Gasteiger partial charge in [-0.15, -0.1) is 0 Å². The Morgan fingerprint density at radius 2 is 0.936 bits per heavy atom. The highest BCUT2D eigenvalue weighted by atomic mass is 16.8. The molecule has 34 nitrogen and oxygen atoms in total. The highest BCUT2D eigenvalue weighted by Crippen LogP contribution is 2.42. The molecule has 0 aromatic heterocycles. The molecule has 28 atom stereocenters. The van der Waals surface area contributed by atoms with Crippen molar-refractivity contribution >= 4 is 23.7 Å². The first kappa shape index (κ1) is 97.2. The van der Waals surface area contributed by atoms with Crippen molar-refractivity contribution in [1.82, 2.24) is 16.0 Å². The average molecular weight is 1590 g/mol. The number of esters is 1. The number of rotatable bonds is 53. The molecule has 5 aliphatic rings. The second kappa shape index (κ2) is 51.6. The minimum absolute atomic E-state index is 0.140. The maximum Gasteiger partial charge on any atom is 0.367 e. The van der Waals surface area contributed by atoms with Crippen molar-refractivity contribution in [2.45, 2.75) is 405 Å². The van der Waals surface area contributed by atoms with E-state index in [1.54, 1.807) is 6.08 Å². The molecule has 0 saturated carbocycles. The molecule has 5 fully saturated rings. The smallest absolute Gasteiger partial charge is 0.367 e. The molecule has 5 rings (SSSR count). The van der Waals surface area contributed by atoms with Crippen molar-refractivity contribution in [3.8, 4) is 0 Å². The first-order valence-corrected chi connectivity index (χ1v) is 40.5. The Morgan fingerprint density at radius 1 is 0.491 bits per heavy atom. The van der Waals surface area contributed by atoms with Gasteiger partial charge in [-0.05, 0) is 33.1 Å². The number of ether oxygens (including phenoxy) is 11. The minimum Gasteiger partial charge on any atom is -0.459 e. The normalized spacial score (nSPS) is 34.0. The Kier molecular flexibility index (Phi) is 45.6. The highest BCUT2D eigenvalue weighted by Gasteiger charge is 2.63. The number of hydrogen-bond donors (Lipinski definition) is 19. The molecule has 5 aliphatic heterocycles. The van der Waals surface area contributed by atoms with E-state index < -0.39 is 241 Å². The van der Waals surface area contributed by atoms with Crippen LogP contribution in [0.5, 0.6) is 0 Å². The van der Waals surface area contributed by atoms with E-state index in [0.717, 1.165) is 71.6 Å². The number of allylic oxidation sites excluding steroid dienone is 1. The predicted molar refractivity (Wildman–Crippen MR) is 392 cm³/mol. The van der Waals surface area contributed by atoms with Crippen molar-refractivity contribution in [1.29, 1.82) is 0 Å². The molecule has 642 valence electrons. The quantitative estimate of drug-likeness (QED) is 0.0213. The number of nitrogens with one attached hydrogen (secondary N) is 3. The van der Waals surface area contributed by atoms with Crippen molar-refractivity contribution in [3.05, 3.63) is 12.2 Å². The molecule has 0 bridgehead atoms. The van der Waals surface area contributed by atoms with E-state index in [9.17, 15) is 101 Å². The monoisotopic (exact) mass is 1590 g/mol. The van der Waals surface area contributed by atoms with E-state index in [4.69, 9.17) is 52.1 Å². The Hall–Kier alpha value is -3.42. The fourth-order valence-electron chi connectivity index (χ4n) is 14.6. The lowest BCUT2D eigenvalue weighted by Gasteiger charge is -2.53. The summed E-state index contributed by atoms with van der Waals surface area (Å²) >= 11 is 0. The number of aliphatic hydroxyl groups is 16. The van der Waals surface area contributed by atoms with Crippen molar-refractivity contribution in [2.24, 2.45) is 0 Å². The van der Waals surface area contributed by atoms with Crippen molar-refractivity contribution in [2.75, 3.05) is 39.6 Å². The first-order valence-electron chi connectivity index (χ1n) is 40.5. The Labute approximate surface area is 647 Å². The van der Waals surface area contributed by atoms with Gasteiger partial charge in [-0.2, -0.15) is 0 Å². The summed E-state index contributed by atoms with van der Waals surface area (Å²) in [5.41, 5.74) is 0. The lowest BCUT2D eigenvalue weighted by atomic mass is 9.88. The third-order valence-electron chi connectivity index (χ3n) is 20.9. The van der Waals surface area contributed by atoms with Gasteiger partial charge in [0.15, 0.2) is 25.2 Å². The molecule has 0 aromatic carbocycles. The van der Waals surface area contributed by atoms with Gasteiger partial charge in [-0.3, -0.25) is 14.4 Å². The molecule has 4 unspecified atom stereocenters. The van der Waals surface area contributed by atoms with Gasteiger partial charge in [0.25, 0.3) is 5.79 Å². The molecular formula is C76H137N3O31. The zero-order valence-corrected chi connectivity index (χ0v) is 65.3. The summed E-state index contributed by atoms with van der Waals surface area (Å²) in [4.78, 5) is 54.3. The number of carbonyl (C=O) groups excluding carboxylic acids is 4. The Morgan fingerprint density at radius 3 is 1.45 bits per heavy atom. The summed E-state index contributed by atoms with van der Waals surface area (Å²) in [5.74, 6) is -6.81. The van der Waals surface area contributed by atoms with Crippen LogP contribution in [-0.4, -0.2) is 322 Å². The second-order valence-electron chi connectivity index (χ2n) is 30.4. The second-order valence-corrected chi connectivity index (χ2v) is 30.4. The van der Waals surface area contributed by atoms with Crippen LogP contribution in [0.3, 0.4) is 0 Å². The summed E-state index contributed by atoms with van der Waals surface area (Å²) in [6.45, 7) is 3.25. The summed E-state index contributed by atoms with van der Waals surface area (Å²) in [6.07, 6.45) is -16.9. The van der Waals surface area contributed by atoms with Crippen LogP contribution in [-0.2, 0) is 71.3 Å². The van der Waals surface area contributed by atoms with E-state index >= 15 is 0 Å². The molecule has 0 aliphatic carbocycles. The van der Waals surface area contributed by atoms with E-state index in [1.807, 2.05) is 6.08 Å². The van der Waals surface area contributed by atoms with E-state index in [2.05, 4.69) is 29.8 Å². The fraction of sp³-hybridized carbons (Fsp3) is 0.921. The van der Waals surface area contributed by atoms with E-state index in [0.29, 0.717) is 12.8 Å². The summed E-state index contributed by atoms with van der Waals surface area (Å²) in [7, 11) is 0. The van der Waals surface area contributed by atoms with Gasteiger partial charge in [0.1, 0.15) is 116 Å². The Bertz CT molecular complexity index is 2570. The standard InChI is InChI=1S/C76H137N3O31/c1-7-9-11-13-15-17-19-21-22-24-26-28-30-32-34-36-55(90)79-47(48(87)35-33-31-29-27-25-23-20-18-16-14-12-10-8-2)43-100-72-64(97)62(95)66(53(41-83)104-72)106-74-65(98)70(110-76(75(99)101-44(3)4)37-49(88)56(77-45(5)85)69(109-76)58(91)50(89)38-80)67(54(42-84)105-74)107-71-57(78-46(6)86)68(60(93)52(40-82)102-71)108-73-63(96)61(94)59(92)51(39-81)103-73/h33,35,44,47-54,56-74,80-84,87-89,91-98H,7-32,34,36-43H2,1-6H3,(H,77,85)(H,78,86)(H,79,90)/b35-33+/t47?,48?,49-,50?,51+,52+,53+,54+,56+,57+,58?,59-,60-,61-,62+,63+,64+,65+,66+,67-,68+,69+,70+,71-,72+,73-,74-,76-/m0/s1. The molecule has 0 radical (unpaired) electrons.